The number of rotatable bonds is 2. The first kappa shape index (κ1) is 13.4. The van der Waals surface area contributed by atoms with Gasteiger partial charge in [0.15, 0.2) is 0 Å². The number of fused-ring (bicyclic) bond motifs is 1. The van der Waals surface area contributed by atoms with Crippen molar-refractivity contribution < 1.29 is 0 Å². The van der Waals surface area contributed by atoms with Gasteiger partial charge < -0.3 is 0 Å². The van der Waals surface area contributed by atoms with E-state index in [0.717, 1.165) is 38.6 Å². The van der Waals surface area contributed by atoms with Crippen LogP contribution in [0, 0.1) is 13.8 Å². The van der Waals surface area contributed by atoms with Gasteiger partial charge >= 0.3 is 0 Å². The van der Waals surface area contributed by atoms with Crippen molar-refractivity contribution in [1.82, 2.24) is 4.98 Å². The quantitative estimate of drug-likeness (QED) is 0.737. The standard InChI is InChI=1S/C15H15Cl2N/c1-9-4-7-14-13(8-9)15(17)12(11(3)18-14)6-5-10(2)16/h4-5,7-8H,6H2,1-3H3/b10-5+. The molecule has 94 valence electrons. The third-order valence-corrected chi connectivity index (χ3v) is 3.55. The molecule has 0 amide bonds. The van der Waals surface area contributed by atoms with Crippen molar-refractivity contribution in [2.45, 2.75) is 27.2 Å². The molecule has 0 spiro atoms. The maximum absolute atomic E-state index is 6.49. The lowest BCUT2D eigenvalue weighted by atomic mass is 10.0. The van der Waals surface area contributed by atoms with E-state index >= 15 is 0 Å². The van der Waals surface area contributed by atoms with E-state index in [1.807, 2.05) is 32.1 Å². The topological polar surface area (TPSA) is 12.9 Å². The van der Waals surface area contributed by atoms with Crippen molar-refractivity contribution in [2.24, 2.45) is 0 Å². The van der Waals surface area contributed by atoms with Crippen LogP contribution < -0.4 is 0 Å². The van der Waals surface area contributed by atoms with E-state index in [0.29, 0.717) is 0 Å². The molecule has 0 bridgehead atoms. The largest absolute Gasteiger partial charge is 0.253 e. The number of aromatic nitrogens is 1. The second-order valence-electron chi connectivity index (χ2n) is 4.51. The van der Waals surface area contributed by atoms with E-state index in [4.69, 9.17) is 23.2 Å². The summed E-state index contributed by atoms with van der Waals surface area (Å²) in [7, 11) is 0. The molecular formula is C15H15Cl2N. The highest BCUT2D eigenvalue weighted by atomic mass is 35.5. The lowest BCUT2D eigenvalue weighted by molar-refractivity contribution is 1.13. The molecule has 2 rings (SSSR count). The lowest BCUT2D eigenvalue weighted by Crippen LogP contribution is -1.95. The van der Waals surface area contributed by atoms with Crippen LogP contribution in [-0.2, 0) is 6.42 Å². The number of allylic oxidation sites excluding steroid dienone is 2. The Morgan fingerprint density at radius 1 is 1.33 bits per heavy atom. The Kier molecular flexibility index (Phi) is 3.94. The molecule has 1 aromatic carbocycles. The van der Waals surface area contributed by atoms with Crippen LogP contribution in [0.3, 0.4) is 0 Å². The van der Waals surface area contributed by atoms with Crippen molar-refractivity contribution in [2.75, 3.05) is 0 Å². The highest BCUT2D eigenvalue weighted by Crippen LogP contribution is 2.29. The summed E-state index contributed by atoms with van der Waals surface area (Å²) in [6.07, 6.45) is 2.68. The maximum atomic E-state index is 6.49. The first-order valence-electron chi connectivity index (χ1n) is 5.86. The van der Waals surface area contributed by atoms with Gasteiger partial charge in [0.2, 0.25) is 0 Å². The van der Waals surface area contributed by atoms with Crippen LogP contribution in [-0.4, -0.2) is 4.98 Å². The molecule has 0 N–H and O–H groups in total. The molecule has 1 nitrogen and oxygen atoms in total. The van der Waals surface area contributed by atoms with Gasteiger partial charge in [-0.2, -0.15) is 0 Å². The highest BCUT2D eigenvalue weighted by molar-refractivity contribution is 6.36. The van der Waals surface area contributed by atoms with Crippen LogP contribution in [0.5, 0.6) is 0 Å². The van der Waals surface area contributed by atoms with Gasteiger partial charge in [0.05, 0.1) is 10.5 Å². The average Bonchev–Trinajstić information content (AvgIpc) is 2.30. The number of hydrogen-bond acceptors (Lipinski definition) is 1. The Bertz CT molecular complexity index is 626. The predicted octanol–water partition coefficient (Wildman–Crippen LogP) is 5.19. The second kappa shape index (κ2) is 5.29. The molecule has 3 heteroatoms. The van der Waals surface area contributed by atoms with Gasteiger partial charge in [-0.05, 0) is 44.9 Å². The van der Waals surface area contributed by atoms with Crippen molar-refractivity contribution in [3.63, 3.8) is 0 Å². The summed E-state index contributed by atoms with van der Waals surface area (Å²) in [5.74, 6) is 0. The predicted molar refractivity (Wildman–Crippen MR) is 79.5 cm³/mol. The van der Waals surface area contributed by atoms with Gasteiger partial charge in [-0.25, -0.2) is 0 Å². The Hall–Kier alpha value is -1.05. The Morgan fingerprint density at radius 3 is 2.72 bits per heavy atom. The first-order valence-corrected chi connectivity index (χ1v) is 6.62. The van der Waals surface area contributed by atoms with Gasteiger partial charge in [-0.3, -0.25) is 4.98 Å². The summed E-state index contributed by atoms with van der Waals surface area (Å²) in [6.45, 7) is 5.90. The fourth-order valence-electron chi connectivity index (χ4n) is 1.97. The van der Waals surface area contributed by atoms with E-state index in [2.05, 4.69) is 18.0 Å². The molecule has 0 aliphatic heterocycles. The number of pyridine rings is 1. The molecule has 0 aliphatic carbocycles. The third-order valence-electron chi connectivity index (χ3n) is 2.97. The molecule has 0 radical (unpaired) electrons. The fourth-order valence-corrected chi connectivity index (χ4v) is 2.42. The van der Waals surface area contributed by atoms with Crippen LogP contribution in [0.4, 0.5) is 0 Å². The minimum atomic E-state index is 0.719. The average molecular weight is 280 g/mol. The van der Waals surface area contributed by atoms with E-state index in [-0.39, 0.29) is 0 Å². The smallest absolute Gasteiger partial charge is 0.0720 e. The zero-order valence-electron chi connectivity index (χ0n) is 10.7. The van der Waals surface area contributed by atoms with Gasteiger partial charge in [-0.15, -0.1) is 0 Å². The zero-order chi connectivity index (χ0) is 13.3. The van der Waals surface area contributed by atoms with Crippen LogP contribution in [0.2, 0.25) is 5.02 Å². The number of halogens is 2. The fraction of sp³-hybridized carbons (Fsp3) is 0.267. The summed E-state index contributed by atoms with van der Waals surface area (Å²) >= 11 is 12.4. The number of hydrogen-bond donors (Lipinski definition) is 0. The molecule has 1 aromatic heterocycles. The lowest BCUT2D eigenvalue weighted by Gasteiger charge is -2.10. The van der Waals surface area contributed by atoms with Crippen LogP contribution in [0.25, 0.3) is 10.9 Å². The summed E-state index contributed by atoms with van der Waals surface area (Å²) in [4.78, 5) is 4.60. The minimum absolute atomic E-state index is 0.719. The molecule has 0 saturated heterocycles. The first-order chi connectivity index (χ1) is 8.49. The minimum Gasteiger partial charge on any atom is -0.253 e. The molecule has 2 aromatic rings. The van der Waals surface area contributed by atoms with E-state index < -0.39 is 0 Å². The van der Waals surface area contributed by atoms with Crippen molar-refractivity contribution >= 4 is 34.1 Å². The number of aryl methyl sites for hydroxylation is 2. The molecule has 18 heavy (non-hydrogen) atoms. The van der Waals surface area contributed by atoms with Gasteiger partial charge in [0.25, 0.3) is 0 Å². The molecule has 0 saturated carbocycles. The maximum Gasteiger partial charge on any atom is 0.0720 e. The second-order valence-corrected chi connectivity index (χ2v) is 5.48. The SMILES string of the molecule is C/C(Cl)=C\Cc1c(C)nc2ccc(C)cc2c1Cl. The Balaban J connectivity index is 2.63. The van der Waals surface area contributed by atoms with Gasteiger partial charge in [-0.1, -0.05) is 40.9 Å². The molecule has 0 fully saturated rings. The molecule has 0 unspecified atom stereocenters. The summed E-state index contributed by atoms with van der Waals surface area (Å²) in [6, 6.07) is 6.13. The number of nitrogens with zero attached hydrogens (tertiary/aromatic N) is 1. The Morgan fingerprint density at radius 2 is 2.06 bits per heavy atom. The van der Waals surface area contributed by atoms with Crippen molar-refractivity contribution in [3.05, 3.63) is 51.2 Å². The third kappa shape index (κ3) is 2.68. The highest BCUT2D eigenvalue weighted by Gasteiger charge is 2.10. The molecule has 0 atom stereocenters. The monoisotopic (exact) mass is 279 g/mol. The van der Waals surface area contributed by atoms with Crippen molar-refractivity contribution in [1.29, 1.82) is 0 Å². The van der Waals surface area contributed by atoms with E-state index in [1.54, 1.807) is 0 Å². The van der Waals surface area contributed by atoms with Crippen LogP contribution in [0.1, 0.15) is 23.7 Å². The van der Waals surface area contributed by atoms with Gasteiger partial charge in [0, 0.05) is 16.1 Å². The van der Waals surface area contributed by atoms with Gasteiger partial charge in [0.1, 0.15) is 0 Å². The van der Waals surface area contributed by atoms with E-state index in [1.165, 1.54) is 5.56 Å². The molecular weight excluding hydrogens is 265 g/mol. The Labute approximate surface area is 117 Å². The molecule has 0 aliphatic rings. The number of benzene rings is 1. The summed E-state index contributed by atoms with van der Waals surface area (Å²) in [5, 5.41) is 2.57. The summed E-state index contributed by atoms with van der Waals surface area (Å²) < 4.78 is 0. The van der Waals surface area contributed by atoms with E-state index in [9.17, 15) is 0 Å². The van der Waals surface area contributed by atoms with Crippen molar-refractivity contribution in [3.8, 4) is 0 Å². The summed E-state index contributed by atoms with van der Waals surface area (Å²) in [5.41, 5.74) is 4.14. The van der Waals surface area contributed by atoms with Crippen LogP contribution >= 0.6 is 23.2 Å². The van der Waals surface area contributed by atoms with Crippen LogP contribution in [0.15, 0.2) is 29.3 Å². The normalized spacial score (nSPS) is 12.2. The zero-order valence-corrected chi connectivity index (χ0v) is 12.2. The molecule has 1 heterocycles.